The van der Waals surface area contributed by atoms with Crippen molar-refractivity contribution < 1.29 is 32.2 Å². The number of fused-ring (bicyclic) bond motifs is 1. The minimum Gasteiger partial charge on any atom is -0.461 e. The first-order chi connectivity index (χ1) is 18.6. The molecule has 9 heteroatoms. The number of hydrogen-bond donors (Lipinski definition) is 0. The van der Waals surface area contributed by atoms with Crippen LogP contribution in [0.4, 0.5) is 13.2 Å². The van der Waals surface area contributed by atoms with E-state index in [0.717, 1.165) is 22.8 Å². The first kappa shape index (κ1) is 27.1. The van der Waals surface area contributed by atoms with Gasteiger partial charge in [-0.05, 0) is 65.6 Å². The van der Waals surface area contributed by atoms with Crippen LogP contribution < -0.4 is 0 Å². The van der Waals surface area contributed by atoms with Crippen molar-refractivity contribution in [1.29, 1.82) is 0 Å². The van der Waals surface area contributed by atoms with Crippen LogP contribution in [0, 0.1) is 5.41 Å². The van der Waals surface area contributed by atoms with Crippen LogP contribution in [0.25, 0.3) is 11.6 Å². The van der Waals surface area contributed by atoms with Crippen LogP contribution in [0.15, 0.2) is 54.6 Å². The van der Waals surface area contributed by atoms with Crippen LogP contribution in [-0.4, -0.2) is 36.1 Å². The number of halogens is 3. The van der Waals surface area contributed by atoms with Crippen molar-refractivity contribution in [1.82, 2.24) is 9.78 Å². The number of nitrogens with zero attached hydrogens (tertiary/aromatic N) is 2. The maximum Gasteiger partial charge on any atom is 0.416 e. The van der Waals surface area contributed by atoms with Gasteiger partial charge in [-0.2, -0.15) is 18.3 Å². The third-order valence-corrected chi connectivity index (χ3v) is 7.67. The van der Waals surface area contributed by atoms with Gasteiger partial charge in [0.2, 0.25) is 0 Å². The number of hydrogen-bond acceptors (Lipinski definition) is 5. The molecule has 0 radical (unpaired) electrons. The number of allylic oxidation sites excluding steroid dienone is 1. The van der Waals surface area contributed by atoms with E-state index in [1.165, 1.54) is 12.1 Å². The summed E-state index contributed by atoms with van der Waals surface area (Å²) in [5.74, 6) is -0.668. The zero-order valence-electron chi connectivity index (χ0n) is 22.1. The summed E-state index contributed by atoms with van der Waals surface area (Å²) in [5, 5.41) is 4.39. The van der Waals surface area contributed by atoms with Gasteiger partial charge in [0.15, 0.2) is 5.69 Å². The monoisotopic (exact) mass is 540 g/mol. The van der Waals surface area contributed by atoms with Crippen molar-refractivity contribution in [2.24, 2.45) is 5.41 Å². The number of carbonyl (C=O) groups is 1. The van der Waals surface area contributed by atoms with Crippen LogP contribution in [-0.2, 0) is 27.1 Å². The van der Waals surface area contributed by atoms with Crippen LogP contribution in [0.3, 0.4) is 0 Å². The molecule has 39 heavy (non-hydrogen) atoms. The molecule has 3 aromatic rings. The largest absolute Gasteiger partial charge is 0.461 e. The third-order valence-electron chi connectivity index (χ3n) is 7.67. The molecule has 1 aliphatic heterocycles. The minimum atomic E-state index is -4.43. The average Bonchev–Trinajstić information content (AvgIpc) is 3.51. The van der Waals surface area contributed by atoms with Gasteiger partial charge in [0, 0.05) is 19.6 Å². The van der Waals surface area contributed by atoms with E-state index in [4.69, 9.17) is 14.2 Å². The molecule has 2 heterocycles. The van der Waals surface area contributed by atoms with Crippen molar-refractivity contribution >= 4 is 17.6 Å². The smallest absolute Gasteiger partial charge is 0.416 e. The second-order valence-electron chi connectivity index (χ2n) is 10.3. The van der Waals surface area contributed by atoms with Crippen molar-refractivity contribution in [2.75, 3.05) is 20.3 Å². The molecule has 0 saturated carbocycles. The van der Waals surface area contributed by atoms with E-state index in [9.17, 15) is 18.0 Å². The second-order valence-corrected chi connectivity index (χ2v) is 10.3. The molecule has 0 bridgehead atoms. The fourth-order valence-corrected chi connectivity index (χ4v) is 5.89. The lowest BCUT2D eigenvalue weighted by Crippen LogP contribution is -2.35. The third kappa shape index (κ3) is 5.25. The molecule has 2 aromatic carbocycles. The molecular weight excluding hydrogens is 509 g/mol. The predicted molar refractivity (Wildman–Crippen MR) is 140 cm³/mol. The van der Waals surface area contributed by atoms with E-state index in [-0.39, 0.29) is 30.4 Å². The van der Waals surface area contributed by atoms with E-state index < -0.39 is 23.8 Å². The highest BCUT2D eigenvalue weighted by Gasteiger charge is 2.46. The molecular formula is C30H31F3N2O4. The molecule has 5 rings (SSSR count). The highest BCUT2D eigenvalue weighted by molar-refractivity contribution is 5.92. The Morgan fingerprint density at radius 1 is 1.18 bits per heavy atom. The van der Waals surface area contributed by atoms with Crippen molar-refractivity contribution in [3.05, 3.63) is 88.2 Å². The standard InChI is InChI=1S/C30H31F3N2O4/c1-4-38-28(36)24-16-25(35(34-24)18-37-3)26-17-29(2,12-13-39-26)27-22-11-6-5-8-20(22)15-23(27)19-9-7-10-21(14-19)30(31,32)33/h5-11,14-16,26-27H,4,12-13,17-18H2,1-3H3. The van der Waals surface area contributed by atoms with E-state index in [2.05, 4.69) is 18.1 Å². The summed E-state index contributed by atoms with van der Waals surface area (Å²) >= 11 is 0. The molecule has 206 valence electrons. The van der Waals surface area contributed by atoms with Gasteiger partial charge in [0.1, 0.15) is 6.73 Å². The number of aromatic nitrogens is 2. The van der Waals surface area contributed by atoms with Crippen LogP contribution in [0.1, 0.15) is 77.1 Å². The van der Waals surface area contributed by atoms with Gasteiger partial charge in [0.05, 0.1) is 24.0 Å². The normalized spacial score (nSPS) is 22.9. The van der Waals surface area contributed by atoms with Gasteiger partial charge in [0.25, 0.3) is 0 Å². The fourth-order valence-electron chi connectivity index (χ4n) is 5.89. The second kappa shape index (κ2) is 10.6. The maximum atomic E-state index is 13.6. The first-order valence-corrected chi connectivity index (χ1v) is 13.0. The number of rotatable bonds is 7. The zero-order valence-corrected chi connectivity index (χ0v) is 22.1. The fraction of sp³-hybridized carbons (Fsp3) is 0.400. The summed E-state index contributed by atoms with van der Waals surface area (Å²) in [7, 11) is 1.54. The summed E-state index contributed by atoms with van der Waals surface area (Å²) in [4.78, 5) is 12.4. The first-order valence-electron chi connectivity index (χ1n) is 13.0. The SMILES string of the molecule is CCOC(=O)c1cc(C2CC(C)(C3C(c4cccc(C(F)(F)F)c4)=Cc4ccccc43)CCO2)n(COC)n1. The summed E-state index contributed by atoms with van der Waals surface area (Å²) in [6.07, 6.45) is -1.53. The predicted octanol–water partition coefficient (Wildman–Crippen LogP) is 6.88. The van der Waals surface area contributed by atoms with Crippen LogP contribution >= 0.6 is 0 Å². The highest BCUT2D eigenvalue weighted by Crippen LogP contribution is 2.58. The molecule has 1 saturated heterocycles. The molecule has 2 aliphatic rings. The number of methoxy groups -OCH3 is 1. The lowest BCUT2D eigenvalue weighted by Gasteiger charge is -2.44. The Bertz CT molecular complexity index is 1400. The number of alkyl halides is 3. The molecule has 0 spiro atoms. The molecule has 1 aromatic heterocycles. The molecule has 1 aliphatic carbocycles. The summed E-state index contributed by atoms with van der Waals surface area (Å²) in [5.41, 5.74) is 3.37. The topological polar surface area (TPSA) is 62.6 Å². The van der Waals surface area contributed by atoms with E-state index >= 15 is 0 Å². The lowest BCUT2D eigenvalue weighted by molar-refractivity contribution is -0.137. The van der Waals surface area contributed by atoms with Gasteiger partial charge in [-0.15, -0.1) is 0 Å². The Balaban J connectivity index is 1.53. The Labute approximate surface area is 225 Å². The molecule has 0 N–H and O–H groups in total. The number of benzene rings is 2. The Morgan fingerprint density at radius 3 is 2.72 bits per heavy atom. The number of ether oxygens (including phenoxy) is 3. The van der Waals surface area contributed by atoms with E-state index in [1.54, 1.807) is 30.8 Å². The molecule has 1 fully saturated rings. The average molecular weight is 541 g/mol. The van der Waals surface area contributed by atoms with Gasteiger partial charge in [-0.1, -0.05) is 49.4 Å². The van der Waals surface area contributed by atoms with Crippen LogP contribution in [0.5, 0.6) is 0 Å². The van der Waals surface area contributed by atoms with Gasteiger partial charge in [-0.3, -0.25) is 0 Å². The maximum absolute atomic E-state index is 13.6. The Kier molecular flexibility index (Phi) is 7.39. The van der Waals surface area contributed by atoms with Gasteiger partial charge >= 0.3 is 12.1 Å². The minimum absolute atomic E-state index is 0.132. The molecule has 6 nitrogen and oxygen atoms in total. The molecule has 3 atom stereocenters. The highest BCUT2D eigenvalue weighted by atomic mass is 19.4. The lowest BCUT2D eigenvalue weighted by atomic mass is 9.64. The van der Waals surface area contributed by atoms with Crippen molar-refractivity contribution in [3.63, 3.8) is 0 Å². The van der Waals surface area contributed by atoms with Crippen LogP contribution in [0.2, 0.25) is 0 Å². The number of carbonyl (C=O) groups excluding carboxylic acids is 1. The van der Waals surface area contributed by atoms with E-state index in [1.807, 2.05) is 24.3 Å². The Morgan fingerprint density at radius 2 is 1.97 bits per heavy atom. The Hall–Kier alpha value is -3.43. The summed E-state index contributed by atoms with van der Waals surface area (Å²) in [6.45, 7) is 4.71. The molecule has 0 amide bonds. The van der Waals surface area contributed by atoms with E-state index in [0.29, 0.717) is 30.7 Å². The quantitative estimate of drug-likeness (QED) is 0.306. The van der Waals surface area contributed by atoms with Crippen molar-refractivity contribution in [3.8, 4) is 0 Å². The van der Waals surface area contributed by atoms with Crippen molar-refractivity contribution in [2.45, 2.75) is 51.6 Å². The van der Waals surface area contributed by atoms with Gasteiger partial charge < -0.3 is 14.2 Å². The van der Waals surface area contributed by atoms with Gasteiger partial charge in [-0.25, -0.2) is 9.48 Å². The zero-order chi connectivity index (χ0) is 27.8. The molecule has 3 unspecified atom stereocenters. The number of esters is 1. The summed E-state index contributed by atoms with van der Waals surface area (Å²) < 4.78 is 59.1. The summed E-state index contributed by atoms with van der Waals surface area (Å²) in [6, 6.07) is 15.2.